The summed E-state index contributed by atoms with van der Waals surface area (Å²) >= 11 is 0. The number of aromatic nitrogens is 2. The van der Waals surface area contributed by atoms with E-state index >= 15 is 0 Å². The smallest absolute Gasteiger partial charge is 0.242 e. The molecular formula is C21H28N6O2. The maximum Gasteiger partial charge on any atom is 0.242 e. The second kappa shape index (κ2) is 9.09. The number of likely N-dealkylation sites (N-methyl/N-ethyl adjacent to an activating group) is 1. The number of fused-ring (bicyclic) bond motifs is 1. The van der Waals surface area contributed by atoms with E-state index in [4.69, 9.17) is 4.74 Å². The lowest BCUT2D eigenvalue weighted by Gasteiger charge is -2.34. The molecule has 1 fully saturated rings. The Morgan fingerprint density at radius 3 is 2.76 bits per heavy atom. The van der Waals surface area contributed by atoms with Gasteiger partial charge in [0.25, 0.3) is 0 Å². The number of carbonyl (C=O) groups is 1. The molecular weight excluding hydrogens is 368 g/mol. The zero-order chi connectivity index (χ0) is 20.1. The zero-order valence-corrected chi connectivity index (χ0v) is 16.8. The fourth-order valence-electron chi connectivity index (χ4n) is 3.96. The van der Waals surface area contributed by atoms with Gasteiger partial charge in [-0.05, 0) is 38.1 Å². The number of rotatable bonds is 6. The quantitative estimate of drug-likeness (QED) is 0.716. The average Bonchev–Trinajstić information content (AvgIpc) is 2.89. The third-order valence-corrected chi connectivity index (χ3v) is 5.46. The Bertz CT molecular complexity index is 825. The molecule has 0 unspecified atom stereocenters. The Morgan fingerprint density at radius 1 is 1.17 bits per heavy atom. The summed E-state index contributed by atoms with van der Waals surface area (Å²) < 4.78 is 5.76. The van der Waals surface area contributed by atoms with Crippen molar-refractivity contribution >= 4 is 17.5 Å². The molecule has 8 nitrogen and oxygen atoms in total. The first-order valence-electron chi connectivity index (χ1n) is 10.2. The van der Waals surface area contributed by atoms with Crippen LogP contribution in [0.25, 0.3) is 0 Å². The molecule has 154 valence electrons. The van der Waals surface area contributed by atoms with Crippen molar-refractivity contribution in [2.24, 2.45) is 0 Å². The van der Waals surface area contributed by atoms with Crippen LogP contribution in [0.15, 0.2) is 36.7 Å². The first kappa shape index (κ1) is 19.4. The van der Waals surface area contributed by atoms with Crippen LogP contribution in [0, 0.1) is 0 Å². The van der Waals surface area contributed by atoms with Gasteiger partial charge >= 0.3 is 0 Å². The lowest BCUT2D eigenvalue weighted by atomic mass is 10.0. The molecule has 4 rings (SSSR count). The SMILES string of the molecule is CN1CC(=O)N(C2CCNCC2)Cc2c(NCCOc3ccccc3)ncnc21. The summed E-state index contributed by atoms with van der Waals surface area (Å²) in [5.41, 5.74) is 0.971. The van der Waals surface area contributed by atoms with E-state index in [1.54, 1.807) is 6.33 Å². The molecule has 2 aromatic rings. The van der Waals surface area contributed by atoms with Crippen LogP contribution in [0.4, 0.5) is 11.6 Å². The molecule has 2 aliphatic rings. The number of anilines is 2. The lowest BCUT2D eigenvalue weighted by molar-refractivity contribution is -0.133. The van der Waals surface area contributed by atoms with Crippen molar-refractivity contribution in [2.75, 3.05) is 50.1 Å². The second-order valence-electron chi connectivity index (χ2n) is 7.47. The number of amides is 1. The summed E-state index contributed by atoms with van der Waals surface area (Å²) in [5, 5.41) is 6.75. The number of para-hydroxylation sites is 1. The summed E-state index contributed by atoms with van der Waals surface area (Å²) in [6.45, 7) is 3.91. The highest BCUT2D eigenvalue weighted by molar-refractivity contribution is 5.84. The van der Waals surface area contributed by atoms with Crippen LogP contribution in [0.1, 0.15) is 18.4 Å². The molecule has 29 heavy (non-hydrogen) atoms. The van der Waals surface area contributed by atoms with Gasteiger partial charge in [0.2, 0.25) is 5.91 Å². The molecule has 0 spiro atoms. The normalized spacial score (nSPS) is 17.6. The van der Waals surface area contributed by atoms with Gasteiger partial charge in [-0.3, -0.25) is 4.79 Å². The van der Waals surface area contributed by atoms with Gasteiger partial charge in [-0.2, -0.15) is 0 Å². The van der Waals surface area contributed by atoms with Gasteiger partial charge in [0.15, 0.2) is 0 Å². The number of nitrogens with zero attached hydrogens (tertiary/aromatic N) is 4. The first-order chi connectivity index (χ1) is 14.2. The summed E-state index contributed by atoms with van der Waals surface area (Å²) in [5.74, 6) is 2.58. The van der Waals surface area contributed by atoms with E-state index in [1.807, 2.05) is 47.2 Å². The van der Waals surface area contributed by atoms with E-state index in [0.717, 1.165) is 48.9 Å². The van der Waals surface area contributed by atoms with Crippen LogP contribution in [0.5, 0.6) is 5.75 Å². The Kier molecular flexibility index (Phi) is 6.09. The first-order valence-corrected chi connectivity index (χ1v) is 10.2. The average molecular weight is 396 g/mol. The zero-order valence-electron chi connectivity index (χ0n) is 16.8. The largest absolute Gasteiger partial charge is 0.492 e. The van der Waals surface area contributed by atoms with Crippen LogP contribution < -0.4 is 20.3 Å². The highest BCUT2D eigenvalue weighted by atomic mass is 16.5. The summed E-state index contributed by atoms with van der Waals surface area (Å²) in [7, 11) is 1.91. The monoisotopic (exact) mass is 396 g/mol. The number of benzene rings is 1. The minimum absolute atomic E-state index is 0.149. The van der Waals surface area contributed by atoms with Crippen molar-refractivity contribution in [2.45, 2.75) is 25.4 Å². The summed E-state index contributed by atoms with van der Waals surface area (Å²) in [6.07, 6.45) is 3.51. The van der Waals surface area contributed by atoms with Crippen LogP contribution in [-0.4, -0.2) is 66.7 Å². The molecule has 8 heteroatoms. The maximum absolute atomic E-state index is 12.9. The Balaban J connectivity index is 1.47. The van der Waals surface area contributed by atoms with Crippen molar-refractivity contribution in [1.29, 1.82) is 0 Å². The fraction of sp³-hybridized carbons (Fsp3) is 0.476. The molecule has 3 heterocycles. The summed E-state index contributed by atoms with van der Waals surface area (Å²) in [4.78, 5) is 25.8. The molecule has 1 aromatic heterocycles. The van der Waals surface area contributed by atoms with Gasteiger partial charge in [-0.25, -0.2) is 9.97 Å². The lowest BCUT2D eigenvalue weighted by Crippen LogP contribution is -2.47. The third kappa shape index (κ3) is 4.59. The van der Waals surface area contributed by atoms with Crippen molar-refractivity contribution in [3.8, 4) is 5.75 Å². The van der Waals surface area contributed by atoms with E-state index in [-0.39, 0.29) is 11.9 Å². The topological polar surface area (TPSA) is 82.6 Å². The number of ether oxygens (including phenoxy) is 1. The number of nitrogens with one attached hydrogen (secondary N) is 2. The van der Waals surface area contributed by atoms with Gasteiger partial charge < -0.3 is 25.2 Å². The van der Waals surface area contributed by atoms with Crippen LogP contribution >= 0.6 is 0 Å². The minimum atomic E-state index is 0.149. The van der Waals surface area contributed by atoms with E-state index in [1.165, 1.54) is 0 Å². The van der Waals surface area contributed by atoms with Gasteiger partial charge in [0.05, 0.1) is 25.2 Å². The van der Waals surface area contributed by atoms with Crippen molar-refractivity contribution < 1.29 is 9.53 Å². The van der Waals surface area contributed by atoms with Crippen molar-refractivity contribution in [3.63, 3.8) is 0 Å². The van der Waals surface area contributed by atoms with Gasteiger partial charge in [0.1, 0.15) is 30.3 Å². The number of hydrogen-bond donors (Lipinski definition) is 2. The molecule has 2 aliphatic heterocycles. The van der Waals surface area contributed by atoms with E-state index in [2.05, 4.69) is 20.6 Å². The summed E-state index contributed by atoms with van der Waals surface area (Å²) in [6, 6.07) is 10.0. The highest BCUT2D eigenvalue weighted by Crippen LogP contribution is 2.29. The molecule has 0 saturated carbocycles. The molecule has 1 amide bonds. The van der Waals surface area contributed by atoms with Crippen molar-refractivity contribution in [1.82, 2.24) is 20.2 Å². The predicted molar refractivity (Wildman–Crippen MR) is 112 cm³/mol. The number of carbonyl (C=O) groups excluding carboxylic acids is 1. The molecule has 0 bridgehead atoms. The second-order valence-corrected chi connectivity index (χ2v) is 7.47. The molecule has 1 aromatic carbocycles. The van der Waals surface area contributed by atoms with Crippen LogP contribution in [0.2, 0.25) is 0 Å². The Morgan fingerprint density at radius 2 is 1.97 bits per heavy atom. The van der Waals surface area contributed by atoms with E-state index < -0.39 is 0 Å². The molecule has 0 atom stereocenters. The fourth-order valence-corrected chi connectivity index (χ4v) is 3.96. The predicted octanol–water partition coefficient (Wildman–Crippen LogP) is 1.50. The van der Waals surface area contributed by atoms with E-state index in [9.17, 15) is 4.79 Å². The van der Waals surface area contributed by atoms with Crippen LogP contribution in [-0.2, 0) is 11.3 Å². The molecule has 0 radical (unpaired) electrons. The van der Waals surface area contributed by atoms with Gasteiger partial charge in [0, 0.05) is 13.1 Å². The molecule has 1 saturated heterocycles. The Labute approximate surface area is 171 Å². The van der Waals surface area contributed by atoms with Crippen LogP contribution in [0.3, 0.4) is 0 Å². The van der Waals surface area contributed by atoms with Gasteiger partial charge in [-0.1, -0.05) is 18.2 Å². The molecule has 2 N–H and O–H groups in total. The highest BCUT2D eigenvalue weighted by Gasteiger charge is 2.32. The third-order valence-electron chi connectivity index (χ3n) is 5.46. The molecule has 0 aliphatic carbocycles. The van der Waals surface area contributed by atoms with Crippen molar-refractivity contribution in [3.05, 3.63) is 42.2 Å². The number of piperidine rings is 1. The minimum Gasteiger partial charge on any atom is -0.492 e. The number of hydrogen-bond acceptors (Lipinski definition) is 7. The maximum atomic E-state index is 12.9. The Hall–Kier alpha value is -2.87. The standard InChI is InChI=1S/C21H28N6O2/c1-26-14-19(28)27(16-7-9-22-10-8-16)13-18-20(24-15-25-21(18)26)23-11-12-29-17-5-3-2-4-6-17/h2-6,15-16,22H,7-14H2,1H3,(H,23,24,25). The van der Waals surface area contributed by atoms with Gasteiger partial charge in [-0.15, -0.1) is 0 Å². The van der Waals surface area contributed by atoms with E-state index in [0.29, 0.717) is 26.2 Å².